The minimum absolute atomic E-state index is 0.118. The second kappa shape index (κ2) is 5.52. The highest BCUT2D eigenvalue weighted by molar-refractivity contribution is 5.85. The summed E-state index contributed by atoms with van der Waals surface area (Å²) in [5, 5.41) is 9.01. The normalized spacial score (nSPS) is 13.6. The molecule has 0 aliphatic heterocycles. The number of nitrogens with zero attached hydrogens (tertiary/aromatic N) is 1. The fourth-order valence-electron chi connectivity index (χ4n) is 1.46. The molecule has 0 bridgehead atoms. The molecule has 1 atom stereocenters. The Labute approximate surface area is 107 Å². The van der Waals surface area contributed by atoms with Gasteiger partial charge < -0.3 is 14.3 Å². The number of carboxylic acid groups (broad SMARTS) is 1. The molecular formula is C13H21NO4. The zero-order valence-electron chi connectivity index (χ0n) is 11.6. The monoisotopic (exact) mass is 255 g/mol. The van der Waals surface area contributed by atoms with Crippen LogP contribution in [0.3, 0.4) is 0 Å². The molecule has 1 aromatic heterocycles. The predicted molar refractivity (Wildman–Crippen MR) is 66.5 cm³/mol. The average molecular weight is 255 g/mol. The van der Waals surface area contributed by atoms with Gasteiger partial charge in [-0.25, -0.2) is 9.78 Å². The zero-order valence-corrected chi connectivity index (χ0v) is 11.6. The fourth-order valence-corrected chi connectivity index (χ4v) is 1.46. The molecule has 5 nitrogen and oxygen atoms in total. The van der Waals surface area contributed by atoms with Gasteiger partial charge in [0.25, 0.3) is 0 Å². The first-order chi connectivity index (χ1) is 8.25. The van der Waals surface area contributed by atoms with Gasteiger partial charge in [-0.2, -0.15) is 0 Å². The van der Waals surface area contributed by atoms with Gasteiger partial charge in [0.2, 0.25) is 5.76 Å². The summed E-state index contributed by atoms with van der Waals surface area (Å²) in [5.41, 5.74) is 0.473. The Kier molecular flexibility index (Phi) is 4.51. The van der Waals surface area contributed by atoms with E-state index in [9.17, 15) is 4.79 Å². The molecule has 18 heavy (non-hydrogen) atoms. The molecule has 0 aliphatic rings. The van der Waals surface area contributed by atoms with E-state index in [1.54, 1.807) is 0 Å². The Hall–Kier alpha value is -1.36. The van der Waals surface area contributed by atoms with E-state index in [1.165, 1.54) is 7.11 Å². The van der Waals surface area contributed by atoms with Crippen LogP contribution in [0.15, 0.2) is 4.42 Å². The molecule has 1 N–H and O–H groups in total. The number of carbonyl (C=O) groups is 1. The number of ether oxygens (including phenoxy) is 1. The highest BCUT2D eigenvalue weighted by Crippen LogP contribution is 2.28. The third kappa shape index (κ3) is 3.57. The third-order valence-corrected chi connectivity index (χ3v) is 3.18. The minimum Gasteiger partial charge on any atom is -0.475 e. The van der Waals surface area contributed by atoms with Crippen molar-refractivity contribution in [2.45, 2.75) is 40.7 Å². The molecule has 1 heterocycles. The van der Waals surface area contributed by atoms with Gasteiger partial charge in [-0.15, -0.1) is 0 Å². The smallest absolute Gasteiger partial charge is 0.373 e. The van der Waals surface area contributed by atoms with Crippen molar-refractivity contribution in [1.82, 2.24) is 4.98 Å². The van der Waals surface area contributed by atoms with Crippen LogP contribution in [-0.2, 0) is 17.8 Å². The van der Waals surface area contributed by atoms with Crippen LogP contribution in [-0.4, -0.2) is 23.2 Å². The number of methoxy groups -OCH3 is 1. The number of carboxylic acids is 1. The van der Waals surface area contributed by atoms with Gasteiger partial charge in [0.05, 0.1) is 6.61 Å². The van der Waals surface area contributed by atoms with Crippen molar-refractivity contribution in [2.75, 3.05) is 7.11 Å². The van der Waals surface area contributed by atoms with E-state index in [-0.39, 0.29) is 17.8 Å². The first kappa shape index (κ1) is 14.7. The number of aromatic carboxylic acids is 1. The summed E-state index contributed by atoms with van der Waals surface area (Å²) in [6.07, 6.45) is 0.619. The molecule has 0 aromatic carbocycles. The summed E-state index contributed by atoms with van der Waals surface area (Å²) in [6, 6.07) is 0. The van der Waals surface area contributed by atoms with Crippen LogP contribution in [0.5, 0.6) is 0 Å². The fraction of sp³-hybridized carbons (Fsp3) is 0.692. The van der Waals surface area contributed by atoms with Crippen molar-refractivity contribution < 1.29 is 19.1 Å². The number of aromatic nitrogens is 1. The van der Waals surface area contributed by atoms with Crippen LogP contribution in [0, 0.1) is 11.3 Å². The molecule has 0 aliphatic carbocycles. The molecule has 0 saturated heterocycles. The summed E-state index contributed by atoms with van der Waals surface area (Å²) in [4.78, 5) is 15.2. The van der Waals surface area contributed by atoms with Gasteiger partial charge in [-0.05, 0) is 11.3 Å². The summed E-state index contributed by atoms with van der Waals surface area (Å²) in [6.45, 7) is 8.65. The van der Waals surface area contributed by atoms with Gasteiger partial charge in [0, 0.05) is 13.5 Å². The highest BCUT2D eigenvalue weighted by Gasteiger charge is 2.25. The van der Waals surface area contributed by atoms with Gasteiger partial charge in [-0.3, -0.25) is 0 Å². The first-order valence-electron chi connectivity index (χ1n) is 5.96. The second-order valence-corrected chi connectivity index (χ2v) is 5.59. The van der Waals surface area contributed by atoms with Crippen molar-refractivity contribution in [1.29, 1.82) is 0 Å². The van der Waals surface area contributed by atoms with Crippen LogP contribution in [0.1, 0.15) is 49.8 Å². The van der Waals surface area contributed by atoms with E-state index < -0.39 is 5.97 Å². The standard InChI is InChI=1S/C13H21NO4/c1-8(13(2,3)4)6-10-14-9(7-17-5)11(18-10)12(15)16/h8H,6-7H2,1-5H3,(H,15,16). The molecule has 1 aromatic rings. The first-order valence-corrected chi connectivity index (χ1v) is 5.96. The molecule has 0 amide bonds. The van der Waals surface area contributed by atoms with Crippen molar-refractivity contribution in [3.05, 3.63) is 17.3 Å². The highest BCUT2D eigenvalue weighted by atomic mass is 16.5. The summed E-state index contributed by atoms with van der Waals surface area (Å²) in [7, 11) is 1.50. The van der Waals surface area contributed by atoms with E-state index in [2.05, 4.69) is 32.7 Å². The largest absolute Gasteiger partial charge is 0.475 e. The van der Waals surface area contributed by atoms with Gasteiger partial charge in [0.1, 0.15) is 5.69 Å². The Balaban J connectivity index is 2.91. The summed E-state index contributed by atoms with van der Waals surface area (Å²) >= 11 is 0. The van der Waals surface area contributed by atoms with Crippen LogP contribution in [0.4, 0.5) is 0 Å². The molecule has 1 unspecified atom stereocenters. The predicted octanol–water partition coefficient (Wildman–Crippen LogP) is 2.74. The van der Waals surface area contributed by atoms with Crippen molar-refractivity contribution in [3.63, 3.8) is 0 Å². The lowest BCUT2D eigenvalue weighted by atomic mass is 9.80. The van der Waals surface area contributed by atoms with Crippen molar-refractivity contribution in [3.8, 4) is 0 Å². The Bertz CT molecular complexity index is 417. The lowest BCUT2D eigenvalue weighted by molar-refractivity contribution is 0.0652. The summed E-state index contributed by atoms with van der Waals surface area (Å²) in [5.74, 6) is -0.424. The quantitative estimate of drug-likeness (QED) is 0.875. The van der Waals surface area contributed by atoms with Crippen LogP contribution < -0.4 is 0 Å². The number of hydrogen-bond acceptors (Lipinski definition) is 4. The topological polar surface area (TPSA) is 72.6 Å². The third-order valence-electron chi connectivity index (χ3n) is 3.18. The molecule has 0 spiro atoms. The van der Waals surface area contributed by atoms with Gasteiger partial charge in [0.15, 0.2) is 5.89 Å². The Morgan fingerprint density at radius 2 is 2.11 bits per heavy atom. The van der Waals surface area contributed by atoms with Gasteiger partial charge >= 0.3 is 5.97 Å². The van der Waals surface area contributed by atoms with Crippen LogP contribution in [0.25, 0.3) is 0 Å². The Morgan fingerprint density at radius 1 is 1.50 bits per heavy atom. The molecule has 1 rings (SSSR count). The number of oxazole rings is 1. The molecule has 0 fully saturated rings. The number of hydrogen-bond donors (Lipinski definition) is 1. The minimum atomic E-state index is -1.11. The van der Waals surface area contributed by atoms with Crippen LogP contribution in [0.2, 0.25) is 0 Å². The van der Waals surface area contributed by atoms with E-state index >= 15 is 0 Å². The molecule has 5 heteroatoms. The van der Waals surface area contributed by atoms with Gasteiger partial charge in [-0.1, -0.05) is 27.7 Å². The summed E-state index contributed by atoms with van der Waals surface area (Å²) < 4.78 is 10.2. The lowest BCUT2D eigenvalue weighted by Gasteiger charge is -2.25. The van der Waals surface area contributed by atoms with E-state index in [4.69, 9.17) is 14.3 Å². The van der Waals surface area contributed by atoms with E-state index in [0.29, 0.717) is 23.9 Å². The maximum atomic E-state index is 11.0. The zero-order chi connectivity index (χ0) is 13.9. The maximum absolute atomic E-state index is 11.0. The average Bonchev–Trinajstić information content (AvgIpc) is 2.60. The second-order valence-electron chi connectivity index (χ2n) is 5.59. The SMILES string of the molecule is COCc1nc(CC(C)C(C)(C)C)oc1C(=O)O. The van der Waals surface area contributed by atoms with E-state index in [1.807, 2.05) is 0 Å². The van der Waals surface area contributed by atoms with E-state index in [0.717, 1.165) is 0 Å². The number of rotatable bonds is 5. The van der Waals surface area contributed by atoms with Crippen molar-refractivity contribution in [2.24, 2.45) is 11.3 Å². The molecule has 102 valence electrons. The van der Waals surface area contributed by atoms with Crippen molar-refractivity contribution >= 4 is 5.97 Å². The van der Waals surface area contributed by atoms with Crippen LogP contribution >= 0.6 is 0 Å². The molecule has 0 saturated carbocycles. The molecule has 0 radical (unpaired) electrons. The molecular weight excluding hydrogens is 234 g/mol. The lowest BCUT2D eigenvalue weighted by Crippen LogP contribution is -2.19. The Morgan fingerprint density at radius 3 is 2.56 bits per heavy atom. The maximum Gasteiger partial charge on any atom is 0.373 e.